The normalized spacial score (nSPS) is 11.4. The van der Waals surface area contributed by atoms with E-state index in [2.05, 4.69) is 41.9 Å². The number of aromatic nitrogens is 2. The lowest BCUT2D eigenvalue weighted by Gasteiger charge is -2.15. The molecule has 0 aliphatic carbocycles. The average molecular weight is 419 g/mol. The van der Waals surface area contributed by atoms with Crippen LogP contribution in [0.15, 0.2) is 83.9 Å². The molecule has 0 fully saturated rings. The van der Waals surface area contributed by atoms with Crippen LogP contribution in [0, 0.1) is 13.8 Å². The van der Waals surface area contributed by atoms with Gasteiger partial charge in [-0.3, -0.25) is 4.72 Å². The summed E-state index contributed by atoms with van der Waals surface area (Å²) in [4.78, 5) is 0.132. The molecule has 0 spiro atoms. The number of hydrogen-bond donors (Lipinski definition) is 2. The van der Waals surface area contributed by atoms with Gasteiger partial charge < -0.3 is 5.73 Å². The van der Waals surface area contributed by atoms with Crippen molar-refractivity contribution in [1.82, 2.24) is 9.78 Å². The summed E-state index contributed by atoms with van der Waals surface area (Å²) in [5, 5.41) is 4.38. The molecule has 0 unspecified atom stereocenters. The van der Waals surface area contributed by atoms with E-state index in [-0.39, 0.29) is 4.90 Å². The van der Waals surface area contributed by atoms with Crippen LogP contribution in [0.5, 0.6) is 0 Å². The van der Waals surface area contributed by atoms with Crippen LogP contribution in [-0.4, -0.2) is 18.2 Å². The zero-order chi connectivity index (χ0) is 21.3. The second-order valence-corrected chi connectivity index (χ2v) is 8.88. The van der Waals surface area contributed by atoms with Crippen molar-refractivity contribution in [1.29, 1.82) is 0 Å². The van der Waals surface area contributed by atoms with Gasteiger partial charge in [-0.2, -0.15) is 5.10 Å². The molecule has 0 atom stereocenters. The standard InChI is InChI=1S/C23H22N4O2S/c1-16-13-17(2)15-18(14-16)21-5-3-4-6-22(21)27-23(11-12-25-27)26-30(28,29)20-9-7-19(24)8-10-20/h3-15,26H,24H2,1-2H3. The van der Waals surface area contributed by atoms with E-state index in [0.29, 0.717) is 11.5 Å². The second-order valence-electron chi connectivity index (χ2n) is 7.20. The smallest absolute Gasteiger partial charge is 0.263 e. The lowest BCUT2D eigenvalue weighted by molar-refractivity contribution is 0.600. The summed E-state index contributed by atoms with van der Waals surface area (Å²) in [5.41, 5.74) is 11.3. The molecule has 0 bridgehead atoms. The summed E-state index contributed by atoms with van der Waals surface area (Å²) in [7, 11) is -3.79. The van der Waals surface area contributed by atoms with E-state index in [1.807, 2.05) is 24.3 Å². The van der Waals surface area contributed by atoms with Gasteiger partial charge in [0.2, 0.25) is 0 Å². The Balaban J connectivity index is 1.77. The molecule has 1 aromatic heterocycles. The Bertz CT molecular complexity index is 1290. The third kappa shape index (κ3) is 3.92. The summed E-state index contributed by atoms with van der Waals surface area (Å²) in [6.45, 7) is 4.11. The third-order valence-corrected chi connectivity index (χ3v) is 6.11. The van der Waals surface area contributed by atoms with Crippen molar-refractivity contribution < 1.29 is 8.42 Å². The molecule has 0 saturated heterocycles. The second kappa shape index (κ2) is 7.68. The van der Waals surface area contributed by atoms with E-state index >= 15 is 0 Å². The van der Waals surface area contributed by atoms with Gasteiger partial charge in [0.25, 0.3) is 10.0 Å². The van der Waals surface area contributed by atoms with Crippen LogP contribution in [0.1, 0.15) is 11.1 Å². The molecule has 30 heavy (non-hydrogen) atoms. The van der Waals surface area contributed by atoms with Crippen molar-refractivity contribution in [2.24, 2.45) is 0 Å². The molecule has 0 saturated carbocycles. The van der Waals surface area contributed by atoms with E-state index in [9.17, 15) is 8.42 Å². The molecule has 3 aromatic carbocycles. The Morgan fingerprint density at radius 3 is 2.27 bits per heavy atom. The number of rotatable bonds is 5. The van der Waals surface area contributed by atoms with Gasteiger partial charge in [-0.1, -0.05) is 47.5 Å². The minimum absolute atomic E-state index is 0.132. The van der Waals surface area contributed by atoms with Gasteiger partial charge in [-0.15, -0.1) is 0 Å². The van der Waals surface area contributed by atoms with Crippen molar-refractivity contribution in [3.63, 3.8) is 0 Å². The third-order valence-electron chi connectivity index (χ3n) is 4.74. The van der Waals surface area contributed by atoms with Crippen molar-refractivity contribution in [2.75, 3.05) is 10.5 Å². The lowest BCUT2D eigenvalue weighted by Crippen LogP contribution is -2.16. The quantitative estimate of drug-likeness (QED) is 0.466. The van der Waals surface area contributed by atoms with E-state index in [1.165, 1.54) is 12.1 Å². The van der Waals surface area contributed by atoms with Crippen LogP contribution >= 0.6 is 0 Å². The van der Waals surface area contributed by atoms with Crippen LogP contribution in [0.4, 0.5) is 11.5 Å². The Hall–Kier alpha value is -3.58. The molecule has 0 aliphatic rings. The summed E-state index contributed by atoms with van der Waals surface area (Å²) in [5.74, 6) is 0.351. The Morgan fingerprint density at radius 2 is 1.57 bits per heavy atom. The van der Waals surface area contributed by atoms with Crippen LogP contribution in [0.25, 0.3) is 16.8 Å². The molecule has 152 valence electrons. The summed E-state index contributed by atoms with van der Waals surface area (Å²) in [6, 6.07) is 21.8. The predicted molar refractivity (Wildman–Crippen MR) is 120 cm³/mol. The fourth-order valence-corrected chi connectivity index (χ4v) is 4.49. The highest BCUT2D eigenvalue weighted by atomic mass is 32.2. The van der Waals surface area contributed by atoms with Crippen molar-refractivity contribution in [3.8, 4) is 16.8 Å². The number of nitrogens with zero attached hydrogens (tertiary/aromatic N) is 2. The summed E-state index contributed by atoms with van der Waals surface area (Å²) in [6.07, 6.45) is 1.57. The minimum atomic E-state index is -3.79. The highest BCUT2D eigenvalue weighted by molar-refractivity contribution is 7.92. The van der Waals surface area contributed by atoms with Gasteiger partial charge in [0, 0.05) is 17.3 Å². The Morgan fingerprint density at radius 1 is 0.900 bits per heavy atom. The first-order valence-electron chi connectivity index (χ1n) is 9.44. The molecule has 4 aromatic rings. The molecule has 4 rings (SSSR count). The maximum Gasteiger partial charge on any atom is 0.263 e. The number of nitrogens with one attached hydrogen (secondary N) is 1. The number of nitrogens with two attached hydrogens (primary N) is 1. The SMILES string of the molecule is Cc1cc(C)cc(-c2ccccc2-n2nccc2NS(=O)(=O)c2ccc(N)cc2)c1. The summed E-state index contributed by atoms with van der Waals surface area (Å²) < 4.78 is 29.9. The van der Waals surface area contributed by atoms with Crippen LogP contribution in [0.2, 0.25) is 0 Å². The number of benzene rings is 3. The van der Waals surface area contributed by atoms with Crippen LogP contribution in [-0.2, 0) is 10.0 Å². The maximum absolute atomic E-state index is 12.8. The zero-order valence-electron chi connectivity index (χ0n) is 16.7. The lowest BCUT2D eigenvalue weighted by atomic mass is 9.99. The number of aryl methyl sites for hydroxylation is 2. The number of nitrogen functional groups attached to an aromatic ring is 1. The van der Waals surface area contributed by atoms with Gasteiger partial charge >= 0.3 is 0 Å². The highest BCUT2D eigenvalue weighted by Crippen LogP contribution is 2.30. The molecule has 0 radical (unpaired) electrons. The predicted octanol–water partition coefficient (Wildman–Crippen LogP) is 4.54. The van der Waals surface area contributed by atoms with Gasteiger partial charge in [0.1, 0.15) is 5.82 Å². The number of sulfonamides is 1. The first-order valence-corrected chi connectivity index (χ1v) is 10.9. The van der Waals surface area contributed by atoms with Gasteiger partial charge in [-0.25, -0.2) is 13.1 Å². The Labute approximate surface area is 176 Å². The molecular formula is C23H22N4O2S. The van der Waals surface area contributed by atoms with E-state index < -0.39 is 10.0 Å². The van der Waals surface area contributed by atoms with E-state index in [0.717, 1.165) is 27.9 Å². The van der Waals surface area contributed by atoms with Gasteiger partial charge in [0.05, 0.1) is 16.8 Å². The zero-order valence-corrected chi connectivity index (χ0v) is 17.5. The fraction of sp³-hybridized carbons (Fsp3) is 0.0870. The molecular weight excluding hydrogens is 396 g/mol. The minimum Gasteiger partial charge on any atom is -0.399 e. The largest absolute Gasteiger partial charge is 0.399 e. The molecule has 1 heterocycles. The average Bonchev–Trinajstić information content (AvgIpc) is 3.15. The first-order chi connectivity index (χ1) is 14.3. The van der Waals surface area contributed by atoms with Gasteiger partial charge in [-0.05, 0) is 49.7 Å². The first kappa shape index (κ1) is 19.7. The molecule has 3 N–H and O–H groups in total. The van der Waals surface area contributed by atoms with Gasteiger partial charge in [0.15, 0.2) is 0 Å². The molecule has 0 aliphatic heterocycles. The van der Waals surface area contributed by atoms with Crippen molar-refractivity contribution >= 4 is 21.5 Å². The van der Waals surface area contributed by atoms with Crippen molar-refractivity contribution in [2.45, 2.75) is 18.7 Å². The van der Waals surface area contributed by atoms with Crippen LogP contribution in [0.3, 0.4) is 0 Å². The van der Waals surface area contributed by atoms with E-state index in [4.69, 9.17) is 5.73 Å². The Kier molecular flexibility index (Phi) is 5.05. The number of anilines is 2. The topological polar surface area (TPSA) is 90.0 Å². The molecule has 6 nitrogen and oxygen atoms in total. The fourth-order valence-electron chi connectivity index (χ4n) is 3.45. The van der Waals surface area contributed by atoms with Crippen LogP contribution < -0.4 is 10.5 Å². The molecule has 7 heteroatoms. The molecule has 0 amide bonds. The van der Waals surface area contributed by atoms with Crippen molar-refractivity contribution in [3.05, 3.63) is 90.1 Å². The summed E-state index contributed by atoms with van der Waals surface area (Å²) >= 11 is 0. The number of para-hydroxylation sites is 1. The highest BCUT2D eigenvalue weighted by Gasteiger charge is 2.18. The van der Waals surface area contributed by atoms with E-state index in [1.54, 1.807) is 29.1 Å². The maximum atomic E-state index is 12.8. The monoisotopic (exact) mass is 418 g/mol. The number of hydrogen-bond acceptors (Lipinski definition) is 4.